The molecule has 0 spiro atoms. The SMILES string of the molecule is COc1ccc(C(C)(C)Sc2ccccc2)cc1. The normalized spacial score (nSPS) is 11.3. The van der Waals surface area contributed by atoms with E-state index in [1.807, 2.05) is 30.0 Å². The van der Waals surface area contributed by atoms with Crippen LogP contribution in [0, 0.1) is 0 Å². The Bertz CT molecular complexity index is 488. The summed E-state index contributed by atoms with van der Waals surface area (Å²) in [4.78, 5) is 1.29. The van der Waals surface area contributed by atoms with E-state index < -0.39 is 0 Å². The van der Waals surface area contributed by atoms with Gasteiger partial charge >= 0.3 is 0 Å². The van der Waals surface area contributed by atoms with Crippen LogP contribution in [0.1, 0.15) is 19.4 Å². The first kappa shape index (κ1) is 13.0. The number of hydrogen-bond acceptors (Lipinski definition) is 2. The first-order valence-electron chi connectivity index (χ1n) is 6.00. The molecule has 2 aromatic rings. The number of methoxy groups -OCH3 is 1. The average Bonchev–Trinajstić information content (AvgIpc) is 2.39. The van der Waals surface area contributed by atoms with Crippen molar-refractivity contribution < 1.29 is 4.74 Å². The number of hydrogen-bond donors (Lipinski definition) is 0. The van der Waals surface area contributed by atoms with E-state index in [0.29, 0.717) is 0 Å². The zero-order chi connectivity index (χ0) is 13.0. The molecule has 0 aromatic heterocycles. The molecule has 1 nitrogen and oxygen atoms in total. The fraction of sp³-hybridized carbons (Fsp3) is 0.250. The smallest absolute Gasteiger partial charge is 0.118 e. The van der Waals surface area contributed by atoms with Gasteiger partial charge in [0.05, 0.1) is 7.11 Å². The number of thioether (sulfide) groups is 1. The van der Waals surface area contributed by atoms with Crippen molar-refractivity contribution in [3.63, 3.8) is 0 Å². The zero-order valence-electron chi connectivity index (χ0n) is 11.0. The van der Waals surface area contributed by atoms with Crippen molar-refractivity contribution in [1.82, 2.24) is 0 Å². The zero-order valence-corrected chi connectivity index (χ0v) is 11.8. The molecule has 0 saturated heterocycles. The maximum Gasteiger partial charge on any atom is 0.118 e. The second kappa shape index (κ2) is 5.49. The van der Waals surface area contributed by atoms with Crippen molar-refractivity contribution in [2.75, 3.05) is 7.11 Å². The summed E-state index contributed by atoms with van der Waals surface area (Å²) < 4.78 is 5.24. The number of benzene rings is 2. The molecule has 0 radical (unpaired) electrons. The van der Waals surface area contributed by atoms with Gasteiger partial charge in [-0.3, -0.25) is 0 Å². The third-order valence-corrected chi connectivity index (χ3v) is 4.16. The van der Waals surface area contributed by atoms with Gasteiger partial charge in [-0.25, -0.2) is 0 Å². The van der Waals surface area contributed by atoms with Crippen molar-refractivity contribution in [2.24, 2.45) is 0 Å². The van der Waals surface area contributed by atoms with E-state index in [0.717, 1.165) is 5.75 Å². The molecule has 2 aromatic carbocycles. The molecule has 0 aliphatic heterocycles. The second-order valence-electron chi connectivity index (χ2n) is 4.65. The molecule has 18 heavy (non-hydrogen) atoms. The van der Waals surface area contributed by atoms with Gasteiger partial charge in [-0.1, -0.05) is 30.3 Å². The fourth-order valence-corrected chi connectivity index (χ4v) is 2.97. The Morgan fingerprint density at radius 3 is 2.06 bits per heavy atom. The van der Waals surface area contributed by atoms with E-state index in [4.69, 9.17) is 4.74 Å². The van der Waals surface area contributed by atoms with Gasteiger partial charge < -0.3 is 4.74 Å². The van der Waals surface area contributed by atoms with Crippen LogP contribution in [0.2, 0.25) is 0 Å². The van der Waals surface area contributed by atoms with Crippen molar-refractivity contribution in [1.29, 1.82) is 0 Å². The molecule has 0 aliphatic carbocycles. The Balaban J connectivity index is 2.19. The molecule has 0 unspecified atom stereocenters. The predicted molar refractivity (Wildman–Crippen MR) is 78.3 cm³/mol. The van der Waals surface area contributed by atoms with Crippen molar-refractivity contribution in [3.8, 4) is 5.75 Å². The first-order valence-corrected chi connectivity index (χ1v) is 6.82. The Morgan fingerprint density at radius 1 is 0.889 bits per heavy atom. The molecule has 0 amide bonds. The minimum atomic E-state index is 0.0492. The monoisotopic (exact) mass is 258 g/mol. The first-order chi connectivity index (χ1) is 8.62. The Kier molecular flexibility index (Phi) is 3.97. The summed E-state index contributed by atoms with van der Waals surface area (Å²) in [7, 11) is 1.69. The minimum Gasteiger partial charge on any atom is -0.497 e. The highest BCUT2D eigenvalue weighted by atomic mass is 32.2. The van der Waals surface area contributed by atoms with Crippen LogP contribution < -0.4 is 4.74 Å². The lowest BCUT2D eigenvalue weighted by atomic mass is 10.0. The van der Waals surface area contributed by atoms with E-state index in [1.54, 1.807) is 7.11 Å². The van der Waals surface area contributed by atoms with Crippen molar-refractivity contribution in [2.45, 2.75) is 23.5 Å². The molecule has 0 N–H and O–H groups in total. The third kappa shape index (κ3) is 3.08. The molecule has 0 bridgehead atoms. The average molecular weight is 258 g/mol. The van der Waals surface area contributed by atoms with Gasteiger partial charge in [0.2, 0.25) is 0 Å². The largest absolute Gasteiger partial charge is 0.497 e. The molecule has 0 atom stereocenters. The van der Waals surface area contributed by atoms with Crippen LogP contribution in [-0.4, -0.2) is 7.11 Å². The lowest BCUT2D eigenvalue weighted by molar-refractivity contribution is 0.414. The lowest BCUT2D eigenvalue weighted by Crippen LogP contribution is -2.11. The topological polar surface area (TPSA) is 9.23 Å². The third-order valence-electron chi connectivity index (χ3n) is 2.90. The van der Waals surface area contributed by atoms with E-state index in [1.165, 1.54) is 10.5 Å². The summed E-state index contributed by atoms with van der Waals surface area (Å²) in [6, 6.07) is 18.8. The molecule has 94 valence electrons. The van der Waals surface area contributed by atoms with Gasteiger partial charge in [0, 0.05) is 9.64 Å². The number of rotatable bonds is 4. The van der Waals surface area contributed by atoms with Crippen molar-refractivity contribution in [3.05, 3.63) is 60.2 Å². The maximum absolute atomic E-state index is 5.19. The van der Waals surface area contributed by atoms with E-state index in [-0.39, 0.29) is 4.75 Å². The Labute approximate surface area is 113 Å². The van der Waals surface area contributed by atoms with Gasteiger partial charge in [0.15, 0.2) is 0 Å². The summed E-state index contributed by atoms with van der Waals surface area (Å²) in [6.45, 7) is 4.49. The van der Waals surface area contributed by atoms with Gasteiger partial charge in [0.25, 0.3) is 0 Å². The summed E-state index contributed by atoms with van der Waals surface area (Å²) in [5.74, 6) is 0.902. The van der Waals surface area contributed by atoms with Gasteiger partial charge in [-0.15, -0.1) is 11.8 Å². The lowest BCUT2D eigenvalue weighted by Gasteiger charge is -2.25. The second-order valence-corrected chi connectivity index (χ2v) is 6.35. The van der Waals surface area contributed by atoms with Gasteiger partial charge in [-0.2, -0.15) is 0 Å². The summed E-state index contributed by atoms with van der Waals surface area (Å²) in [6.07, 6.45) is 0. The van der Waals surface area contributed by atoms with Gasteiger partial charge in [0.1, 0.15) is 5.75 Å². The number of ether oxygens (including phenoxy) is 1. The highest BCUT2D eigenvalue weighted by Gasteiger charge is 2.21. The molecule has 0 saturated carbocycles. The Hall–Kier alpha value is -1.41. The van der Waals surface area contributed by atoms with Crippen LogP contribution in [0.5, 0.6) is 5.75 Å². The van der Waals surface area contributed by atoms with E-state index >= 15 is 0 Å². The molecule has 2 rings (SSSR count). The van der Waals surface area contributed by atoms with Crippen molar-refractivity contribution >= 4 is 11.8 Å². The van der Waals surface area contributed by atoms with Gasteiger partial charge in [-0.05, 0) is 43.7 Å². The quantitative estimate of drug-likeness (QED) is 0.734. The fourth-order valence-electron chi connectivity index (χ4n) is 1.83. The van der Waals surface area contributed by atoms with Crippen LogP contribution in [-0.2, 0) is 4.75 Å². The van der Waals surface area contributed by atoms with E-state index in [9.17, 15) is 0 Å². The highest BCUT2D eigenvalue weighted by molar-refractivity contribution is 8.00. The maximum atomic E-state index is 5.19. The molecule has 0 fully saturated rings. The summed E-state index contributed by atoms with van der Waals surface area (Å²) in [5.41, 5.74) is 1.30. The van der Waals surface area contributed by atoms with Crippen LogP contribution in [0.25, 0.3) is 0 Å². The minimum absolute atomic E-state index is 0.0492. The van der Waals surface area contributed by atoms with Crippen LogP contribution in [0.3, 0.4) is 0 Å². The molecule has 0 aliphatic rings. The summed E-state index contributed by atoms with van der Waals surface area (Å²) >= 11 is 1.87. The standard InChI is InChI=1S/C16H18OS/c1-16(2,18-15-7-5-4-6-8-15)13-9-11-14(17-3)12-10-13/h4-12H,1-3H3. The molecular weight excluding hydrogens is 240 g/mol. The Morgan fingerprint density at radius 2 is 1.50 bits per heavy atom. The van der Waals surface area contributed by atoms with E-state index in [2.05, 4.69) is 50.2 Å². The highest BCUT2D eigenvalue weighted by Crippen LogP contribution is 2.40. The van der Waals surface area contributed by atoms with Crippen LogP contribution in [0.15, 0.2) is 59.5 Å². The molecule has 2 heteroatoms. The molecule has 0 heterocycles. The predicted octanol–water partition coefficient (Wildman–Crippen LogP) is 4.72. The van der Waals surface area contributed by atoms with Crippen LogP contribution in [0.4, 0.5) is 0 Å². The van der Waals surface area contributed by atoms with Crippen LogP contribution >= 0.6 is 11.8 Å². The molecular formula is C16H18OS. The summed E-state index contributed by atoms with van der Waals surface area (Å²) in [5, 5.41) is 0.